The van der Waals surface area contributed by atoms with Crippen LogP contribution >= 0.6 is 27.5 Å². The highest BCUT2D eigenvalue weighted by molar-refractivity contribution is 9.10. The summed E-state index contributed by atoms with van der Waals surface area (Å²) in [4.78, 5) is 21.1. The molecule has 1 saturated heterocycles. The third-order valence-corrected chi connectivity index (χ3v) is 6.94. The van der Waals surface area contributed by atoms with Gasteiger partial charge in [-0.25, -0.2) is 18.4 Å². The van der Waals surface area contributed by atoms with Gasteiger partial charge in [0, 0.05) is 23.6 Å². The Balaban J connectivity index is 1.97. The standard InChI is InChI=1S/C17H18BrClN4O5S/c1-10-7-12(18)8-13(23(24)25)15(10)28-11(2)14-16(19)20-9-21-17(14)22-3-5-29(26,27)6-4-22/h7-9,11H,3-6H2,1-2H3/t11-/m0/s1. The van der Waals surface area contributed by atoms with Gasteiger partial charge in [-0.1, -0.05) is 27.5 Å². The summed E-state index contributed by atoms with van der Waals surface area (Å²) >= 11 is 9.57. The van der Waals surface area contributed by atoms with Gasteiger partial charge in [-0.05, 0) is 25.5 Å². The first-order valence-electron chi connectivity index (χ1n) is 8.66. The van der Waals surface area contributed by atoms with Crippen LogP contribution in [0.4, 0.5) is 11.5 Å². The van der Waals surface area contributed by atoms with E-state index in [0.717, 1.165) is 0 Å². The van der Waals surface area contributed by atoms with Crippen molar-refractivity contribution in [2.45, 2.75) is 20.0 Å². The second-order valence-electron chi connectivity index (χ2n) is 6.63. The van der Waals surface area contributed by atoms with Gasteiger partial charge in [-0.2, -0.15) is 0 Å². The first kappa shape index (κ1) is 21.7. The maximum absolute atomic E-state index is 11.7. The van der Waals surface area contributed by atoms with E-state index in [1.165, 1.54) is 12.4 Å². The zero-order valence-corrected chi connectivity index (χ0v) is 18.8. The molecule has 0 amide bonds. The van der Waals surface area contributed by atoms with E-state index in [2.05, 4.69) is 25.9 Å². The molecule has 1 fully saturated rings. The second-order valence-corrected chi connectivity index (χ2v) is 10.2. The van der Waals surface area contributed by atoms with Gasteiger partial charge in [0.05, 0.1) is 22.0 Å². The summed E-state index contributed by atoms with van der Waals surface area (Å²) in [6, 6.07) is 3.09. The predicted molar refractivity (Wildman–Crippen MR) is 112 cm³/mol. The SMILES string of the molecule is Cc1cc(Br)cc([N+](=O)[O-])c1O[C@@H](C)c1c(Cl)ncnc1N1CCS(=O)(=O)CC1. The van der Waals surface area contributed by atoms with Crippen LogP contribution in [0.5, 0.6) is 5.75 Å². The quantitative estimate of drug-likeness (QED) is 0.344. The van der Waals surface area contributed by atoms with Crippen LogP contribution in [0.15, 0.2) is 22.9 Å². The van der Waals surface area contributed by atoms with Gasteiger partial charge in [-0.3, -0.25) is 10.1 Å². The van der Waals surface area contributed by atoms with Gasteiger partial charge in [0.1, 0.15) is 23.4 Å². The maximum Gasteiger partial charge on any atom is 0.312 e. The Hall–Kier alpha value is -1.98. The number of sulfone groups is 1. The van der Waals surface area contributed by atoms with Crippen LogP contribution in [0.1, 0.15) is 24.2 Å². The number of hydrogen-bond donors (Lipinski definition) is 0. The number of aromatic nitrogens is 2. The Morgan fingerprint density at radius 1 is 1.31 bits per heavy atom. The molecule has 156 valence electrons. The highest BCUT2D eigenvalue weighted by atomic mass is 79.9. The minimum absolute atomic E-state index is 0.0145. The van der Waals surface area contributed by atoms with E-state index in [0.29, 0.717) is 21.4 Å². The Morgan fingerprint density at radius 2 is 1.97 bits per heavy atom. The van der Waals surface area contributed by atoms with Gasteiger partial charge >= 0.3 is 5.69 Å². The normalized spacial score (nSPS) is 17.0. The van der Waals surface area contributed by atoms with Crippen LogP contribution in [0.25, 0.3) is 0 Å². The van der Waals surface area contributed by atoms with Crippen molar-refractivity contribution in [3.8, 4) is 5.75 Å². The zero-order chi connectivity index (χ0) is 21.3. The van der Waals surface area contributed by atoms with Crippen LogP contribution in [0, 0.1) is 17.0 Å². The van der Waals surface area contributed by atoms with E-state index in [1.54, 1.807) is 19.9 Å². The molecule has 1 aliphatic heterocycles. The Kier molecular flexibility index (Phi) is 6.30. The smallest absolute Gasteiger partial charge is 0.312 e. The fourth-order valence-electron chi connectivity index (χ4n) is 3.13. The van der Waals surface area contributed by atoms with Crippen LogP contribution in [0.3, 0.4) is 0 Å². The maximum atomic E-state index is 11.7. The van der Waals surface area contributed by atoms with E-state index in [9.17, 15) is 18.5 Å². The Morgan fingerprint density at radius 3 is 2.59 bits per heavy atom. The van der Waals surface area contributed by atoms with Crippen LogP contribution < -0.4 is 9.64 Å². The van der Waals surface area contributed by atoms with Crippen molar-refractivity contribution in [1.29, 1.82) is 0 Å². The zero-order valence-electron chi connectivity index (χ0n) is 15.6. The minimum Gasteiger partial charge on any atom is -0.478 e. The van der Waals surface area contributed by atoms with Gasteiger partial charge in [0.2, 0.25) is 5.75 Å². The third-order valence-electron chi connectivity index (χ3n) is 4.58. The highest BCUT2D eigenvalue weighted by Crippen LogP contribution is 2.39. The topological polar surface area (TPSA) is 116 Å². The molecular formula is C17H18BrClN4O5S. The van der Waals surface area contributed by atoms with E-state index < -0.39 is 20.9 Å². The van der Waals surface area contributed by atoms with Crippen LogP contribution in [-0.4, -0.2) is 47.9 Å². The number of nitro groups is 1. The van der Waals surface area contributed by atoms with E-state index in [4.69, 9.17) is 16.3 Å². The third kappa shape index (κ3) is 4.78. The monoisotopic (exact) mass is 504 g/mol. The predicted octanol–water partition coefficient (Wildman–Crippen LogP) is 3.48. The molecule has 0 radical (unpaired) electrons. The summed E-state index contributed by atoms with van der Waals surface area (Å²) in [7, 11) is -3.07. The number of benzene rings is 1. The molecule has 12 heteroatoms. The lowest BCUT2D eigenvalue weighted by molar-refractivity contribution is -0.386. The molecule has 2 heterocycles. The van der Waals surface area contributed by atoms with Gasteiger partial charge in [0.15, 0.2) is 9.84 Å². The first-order chi connectivity index (χ1) is 13.6. The number of ether oxygens (including phenoxy) is 1. The Bertz CT molecular complexity index is 1050. The lowest BCUT2D eigenvalue weighted by atomic mass is 10.1. The lowest BCUT2D eigenvalue weighted by Crippen LogP contribution is -2.41. The number of rotatable bonds is 5. The fraction of sp³-hybridized carbons (Fsp3) is 0.412. The molecule has 2 aromatic rings. The van der Waals surface area contributed by atoms with E-state index in [1.807, 2.05) is 4.90 Å². The van der Waals surface area contributed by atoms with Crippen molar-refractivity contribution in [3.05, 3.63) is 49.3 Å². The first-order valence-corrected chi connectivity index (χ1v) is 11.6. The summed E-state index contributed by atoms with van der Waals surface area (Å²) in [5, 5.41) is 11.6. The average molecular weight is 506 g/mol. The van der Waals surface area contributed by atoms with Crippen molar-refractivity contribution in [3.63, 3.8) is 0 Å². The van der Waals surface area contributed by atoms with E-state index in [-0.39, 0.29) is 41.2 Å². The summed E-state index contributed by atoms with van der Waals surface area (Å²) in [5.74, 6) is 0.615. The van der Waals surface area contributed by atoms with Crippen molar-refractivity contribution in [1.82, 2.24) is 9.97 Å². The van der Waals surface area contributed by atoms with Crippen molar-refractivity contribution < 1.29 is 18.1 Å². The molecule has 0 unspecified atom stereocenters. The van der Waals surface area contributed by atoms with Gasteiger partial charge < -0.3 is 9.64 Å². The Labute approximate surface area is 181 Å². The molecular weight excluding hydrogens is 488 g/mol. The summed E-state index contributed by atoms with van der Waals surface area (Å²) < 4.78 is 30.0. The number of nitro benzene ring substituents is 1. The summed E-state index contributed by atoms with van der Waals surface area (Å²) in [6.07, 6.45) is 0.584. The molecule has 0 spiro atoms. The molecule has 3 rings (SSSR count). The highest BCUT2D eigenvalue weighted by Gasteiger charge is 2.29. The molecule has 0 N–H and O–H groups in total. The fourth-order valence-corrected chi connectivity index (χ4v) is 5.17. The summed E-state index contributed by atoms with van der Waals surface area (Å²) in [6.45, 7) is 3.94. The van der Waals surface area contributed by atoms with E-state index >= 15 is 0 Å². The average Bonchev–Trinajstić information content (AvgIpc) is 2.63. The number of nitrogens with zero attached hydrogens (tertiary/aromatic N) is 4. The minimum atomic E-state index is -3.07. The number of anilines is 1. The number of hydrogen-bond acceptors (Lipinski definition) is 8. The lowest BCUT2D eigenvalue weighted by Gasteiger charge is -2.30. The molecule has 9 nitrogen and oxygen atoms in total. The molecule has 0 aliphatic carbocycles. The van der Waals surface area contributed by atoms with Crippen molar-refractivity contribution in [2.24, 2.45) is 0 Å². The summed E-state index contributed by atoms with van der Waals surface area (Å²) in [5.41, 5.74) is 0.851. The van der Waals surface area contributed by atoms with Crippen molar-refractivity contribution in [2.75, 3.05) is 29.5 Å². The molecule has 1 atom stereocenters. The molecule has 1 aromatic heterocycles. The molecule has 1 aliphatic rings. The van der Waals surface area contributed by atoms with Crippen LogP contribution in [0.2, 0.25) is 5.15 Å². The van der Waals surface area contributed by atoms with Gasteiger partial charge in [-0.15, -0.1) is 0 Å². The second kappa shape index (κ2) is 8.41. The number of aryl methyl sites for hydroxylation is 1. The molecule has 0 bridgehead atoms. The molecule has 1 aromatic carbocycles. The van der Waals surface area contributed by atoms with Crippen LogP contribution in [-0.2, 0) is 9.84 Å². The van der Waals surface area contributed by atoms with Crippen molar-refractivity contribution >= 4 is 48.9 Å². The largest absolute Gasteiger partial charge is 0.478 e. The molecule has 0 saturated carbocycles. The van der Waals surface area contributed by atoms with Gasteiger partial charge in [0.25, 0.3) is 0 Å². The number of halogens is 2. The molecule has 29 heavy (non-hydrogen) atoms.